The summed E-state index contributed by atoms with van der Waals surface area (Å²) < 4.78 is 0. The van der Waals surface area contributed by atoms with E-state index in [4.69, 9.17) is 0 Å². The van der Waals surface area contributed by atoms with E-state index in [-0.39, 0.29) is 50.7 Å². The van der Waals surface area contributed by atoms with Gasteiger partial charge in [-0.2, -0.15) is 11.1 Å². The van der Waals surface area contributed by atoms with E-state index in [0.717, 1.165) is 6.42 Å². The van der Waals surface area contributed by atoms with E-state index < -0.39 is 0 Å². The van der Waals surface area contributed by atoms with Gasteiger partial charge in [0.25, 0.3) is 0 Å². The zero-order chi connectivity index (χ0) is 9.84. The van der Waals surface area contributed by atoms with Gasteiger partial charge in [0.1, 0.15) is 0 Å². The van der Waals surface area contributed by atoms with E-state index in [0.29, 0.717) is 5.92 Å². The van der Waals surface area contributed by atoms with E-state index in [1.165, 1.54) is 24.8 Å². The second kappa shape index (κ2) is 11.0. The summed E-state index contributed by atoms with van der Waals surface area (Å²) in [6.07, 6.45) is 8.41. The Labute approximate surface area is 132 Å². The summed E-state index contributed by atoms with van der Waals surface area (Å²) in [6.45, 7) is 9.04. The minimum atomic E-state index is 0. The molecule has 0 nitrogen and oxygen atoms in total. The van der Waals surface area contributed by atoms with Crippen LogP contribution in [-0.4, -0.2) is 0 Å². The summed E-state index contributed by atoms with van der Waals surface area (Å²) in [4.78, 5) is 0. The Kier molecular flexibility index (Phi) is 15.3. The number of hydrogen-bond acceptors (Lipinski definition) is 0. The Balaban J connectivity index is -0.000000563. The molecule has 3 heteroatoms. The first-order valence-corrected chi connectivity index (χ1v) is 5.62. The molecule has 0 aromatic carbocycles. The van der Waals surface area contributed by atoms with Crippen molar-refractivity contribution in [1.82, 2.24) is 0 Å². The van der Waals surface area contributed by atoms with E-state index in [9.17, 15) is 0 Å². The molecule has 0 saturated heterocycles. The van der Waals surface area contributed by atoms with Gasteiger partial charge in [-0.15, -0.1) is 24.8 Å². The molecule has 1 unspecified atom stereocenters. The normalized spacial score (nSPS) is 18.2. The smallest absolute Gasteiger partial charge is 0 e. The van der Waals surface area contributed by atoms with Gasteiger partial charge < -0.3 is 0 Å². The van der Waals surface area contributed by atoms with Gasteiger partial charge in [-0.25, -0.2) is 5.57 Å². The van der Waals surface area contributed by atoms with Gasteiger partial charge in [0.2, 0.25) is 0 Å². The fraction of sp³-hybridized carbons (Fsp3) is 0.692. The second-order valence-corrected chi connectivity index (χ2v) is 3.65. The van der Waals surface area contributed by atoms with Gasteiger partial charge in [-0.1, -0.05) is 59.3 Å². The SMILES string of the molecule is CCC1=[C-]C(CC)C(CC)=C1CC.Cl.Cl.[Hf]. The van der Waals surface area contributed by atoms with Crippen molar-refractivity contribution in [3.05, 3.63) is 22.8 Å². The minimum absolute atomic E-state index is 0. The van der Waals surface area contributed by atoms with Gasteiger partial charge in [0, 0.05) is 25.8 Å². The molecule has 1 atom stereocenters. The molecule has 1 aliphatic rings. The first-order chi connectivity index (χ1) is 6.28. The largest absolute Gasteiger partial charge is 0.266 e. The van der Waals surface area contributed by atoms with Crippen molar-refractivity contribution < 1.29 is 25.8 Å². The van der Waals surface area contributed by atoms with Crippen molar-refractivity contribution in [2.75, 3.05) is 0 Å². The maximum Gasteiger partial charge on any atom is 0 e. The van der Waals surface area contributed by atoms with Gasteiger partial charge in [-0.05, 0) is 0 Å². The Morgan fingerprint density at radius 2 is 1.50 bits per heavy atom. The van der Waals surface area contributed by atoms with Crippen LogP contribution in [0.2, 0.25) is 0 Å². The first-order valence-electron chi connectivity index (χ1n) is 5.62. The third-order valence-electron chi connectivity index (χ3n) is 3.02. The summed E-state index contributed by atoms with van der Waals surface area (Å²) >= 11 is 0. The maximum absolute atomic E-state index is 3.63. The number of rotatable bonds is 4. The second-order valence-electron chi connectivity index (χ2n) is 3.65. The van der Waals surface area contributed by atoms with Crippen LogP contribution in [0.15, 0.2) is 16.7 Å². The molecule has 0 saturated carbocycles. The molecule has 1 aliphatic carbocycles. The molecule has 0 radical (unpaired) electrons. The Hall–Kier alpha value is 0.930. The van der Waals surface area contributed by atoms with Crippen LogP contribution in [0.5, 0.6) is 0 Å². The van der Waals surface area contributed by atoms with Gasteiger partial charge in [-0.3, -0.25) is 6.08 Å². The molecule has 16 heavy (non-hydrogen) atoms. The monoisotopic (exact) mass is 429 g/mol. The Bertz CT molecular complexity index is 244. The predicted octanol–water partition coefficient (Wildman–Crippen LogP) is 5.12. The zero-order valence-corrected chi connectivity index (χ0v) is 15.9. The van der Waals surface area contributed by atoms with Crippen LogP contribution in [-0.2, 0) is 25.8 Å². The van der Waals surface area contributed by atoms with Gasteiger partial charge >= 0.3 is 0 Å². The van der Waals surface area contributed by atoms with E-state index in [1.54, 1.807) is 11.1 Å². The Morgan fingerprint density at radius 1 is 0.938 bits per heavy atom. The average molecular weight is 429 g/mol. The summed E-state index contributed by atoms with van der Waals surface area (Å²) in [5, 5.41) is 0. The molecule has 0 spiro atoms. The topological polar surface area (TPSA) is 0 Å². The van der Waals surface area contributed by atoms with Crippen LogP contribution in [0.3, 0.4) is 0 Å². The molecule has 0 aromatic heterocycles. The van der Waals surface area contributed by atoms with E-state index in [1.807, 2.05) is 0 Å². The quantitative estimate of drug-likeness (QED) is 0.430. The summed E-state index contributed by atoms with van der Waals surface area (Å²) in [7, 11) is 0. The van der Waals surface area contributed by atoms with Crippen LogP contribution >= 0.6 is 24.8 Å². The standard InChI is InChI=1S/C13H21.2ClH.Hf/c1-5-10-9-11(6-2)13(8-4)12(10)7-3;;;/h10H,5-8H2,1-4H3;2*1H;/q-1;;;. The van der Waals surface area contributed by atoms with Crippen LogP contribution in [0.25, 0.3) is 0 Å². The van der Waals surface area contributed by atoms with Crippen LogP contribution in [0.1, 0.15) is 53.4 Å². The van der Waals surface area contributed by atoms with Crippen molar-refractivity contribution in [1.29, 1.82) is 0 Å². The zero-order valence-electron chi connectivity index (χ0n) is 10.7. The molecule has 0 aliphatic heterocycles. The first kappa shape index (κ1) is 22.1. The van der Waals surface area contributed by atoms with Crippen LogP contribution in [0, 0.1) is 12.0 Å². The van der Waals surface area contributed by atoms with Crippen LogP contribution in [0.4, 0.5) is 0 Å². The number of halogens is 2. The van der Waals surface area contributed by atoms with Crippen LogP contribution < -0.4 is 0 Å². The van der Waals surface area contributed by atoms with E-state index in [2.05, 4.69) is 33.8 Å². The molecule has 1 rings (SSSR count). The van der Waals surface area contributed by atoms with Crippen molar-refractivity contribution in [3.8, 4) is 0 Å². The summed E-state index contributed by atoms with van der Waals surface area (Å²) in [5.41, 5.74) is 4.75. The third-order valence-corrected chi connectivity index (χ3v) is 3.02. The molecular weight excluding hydrogens is 406 g/mol. The van der Waals surface area contributed by atoms with Crippen molar-refractivity contribution in [2.45, 2.75) is 53.4 Å². The van der Waals surface area contributed by atoms with Crippen molar-refractivity contribution in [3.63, 3.8) is 0 Å². The summed E-state index contributed by atoms with van der Waals surface area (Å²) in [6, 6.07) is 0. The van der Waals surface area contributed by atoms with Gasteiger partial charge in [0.05, 0.1) is 0 Å². The molecule has 0 amide bonds. The number of hydrogen-bond donors (Lipinski definition) is 0. The average Bonchev–Trinajstić information content (AvgIpc) is 2.54. The molecule has 94 valence electrons. The van der Waals surface area contributed by atoms with E-state index >= 15 is 0 Å². The maximum atomic E-state index is 3.63. The molecule has 0 aromatic rings. The fourth-order valence-corrected chi connectivity index (χ4v) is 2.35. The molecule has 0 fully saturated rings. The third kappa shape index (κ3) is 4.66. The fourth-order valence-electron chi connectivity index (χ4n) is 2.35. The summed E-state index contributed by atoms with van der Waals surface area (Å²) in [5.74, 6) is 0.634. The molecule has 0 N–H and O–H groups in total. The van der Waals surface area contributed by atoms with Crippen molar-refractivity contribution in [2.24, 2.45) is 5.92 Å². The predicted molar refractivity (Wildman–Crippen MR) is 72.9 cm³/mol. The van der Waals surface area contributed by atoms with Gasteiger partial charge in [0.15, 0.2) is 0 Å². The Morgan fingerprint density at radius 3 is 1.81 bits per heavy atom. The molecular formula is C13H23Cl2Hf-. The molecule has 0 bridgehead atoms. The minimum Gasteiger partial charge on any atom is -0.266 e. The number of allylic oxidation sites excluding steroid dienone is 4. The van der Waals surface area contributed by atoms with Crippen molar-refractivity contribution >= 4 is 24.8 Å². The molecule has 0 heterocycles.